The molecule has 4 N–H and O–H groups in total. The average molecular weight is 890 g/mol. The summed E-state index contributed by atoms with van der Waals surface area (Å²) in [6.45, 7) is 12.1. The first-order chi connectivity index (χ1) is 29.2. The third-order valence-corrected chi connectivity index (χ3v) is 9.33. The number of halogens is 1. The van der Waals surface area contributed by atoms with E-state index in [4.69, 9.17) is 45.4 Å². The van der Waals surface area contributed by atoms with Crippen LogP contribution in [0.25, 0.3) is 22.6 Å². The predicted octanol–water partition coefficient (Wildman–Crippen LogP) is 7.58. The number of anilines is 1. The number of nitrogens with one attached hydrogen (secondary N) is 2. The number of rotatable bonds is 16. The molecule has 2 heterocycles. The summed E-state index contributed by atoms with van der Waals surface area (Å²) in [6.07, 6.45) is -1.36. The Morgan fingerprint density at radius 2 is 1.48 bits per heavy atom. The van der Waals surface area contributed by atoms with Gasteiger partial charge in [-0.05, 0) is 89.4 Å². The molecule has 17 nitrogen and oxygen atoms in total. The highest BCUT2D eigenvalue weighted by molar-refractivity contribution is 7.98. The van der Waals surface area contributed by atoms with Gasteiger partial charge in [-0.3, -0.25) is 4.79 Å². The second kappa shape index (κ2) is 21.3. The van der Waals surface area contributed by atoms with E-state index in [0.717, 1.165) is 5.56 Å². The predicted molar refractivity (Wildman–Crippen MR) is 229 cm³/mol. The van der Waals surface area contributed by atoms with Crippen molar-refractivity contribution < 1.29 is 47.3 Å². The van der Waals surface area contributed by atoms with Crippen molar-refractivity contribution in [1.82, 2.24) is 20.6 Å². The maximum atomic E-state index is 13.2. The fraction of sp³-hybridized carbons (Fsp3) is 0.395. The van der Waals surface area contributed by atoms with Gasteiger partial charge in [-0.2, -0.15) is 10.5 Å². The third-order valence-electron chi connectivity index (χ3n) is 8.07. The molecule has 0 unspecified atom stereocenters. The van der Waals surface area contributed by atoms with Crippen LogP contribution >= 0.6 is 23.4 Å². The number of hydrogen-bond donors (Lipinski definition) is 3. The molecule has 0 bridgehead atoms. The van der Waals surface area contributed by atoms with Gasteiger partial charge in [0.1, 0.15) is 77.6 Å². The van der Waals surface area contributed by atoms with Crippen LogP contribution in [0.1, 0.15) is 72.2 Å². The summed E-state index contributed by atoms with van der Waals surface area (Å²) >= 11 is 7.19. The number of ether oxygens (including phenoxy) is 5. The molecule has 2 atom stereocenters. The van der Waals surface area contributed by atoms with Gasteiger partial charge < -0.3 is 44.5 Å². The summed E-state index contributed by atoms with van der Waals surface area (Å²) in [5.41, 5.74) is 6.76. The van der Waals surface area contributed by atoms with Gasteiger partial charge in [0.2, 0.25) is 5.89 Å². The van der Waals surface area contributed by atoms with Gasteiger partial charge in [-0.25, -0.2) is 24.4 Å². The molecule has 0 aliphatic rings. The lowest BCUT2D eigenvalue weighted by Gasteiger charge is -2.25. The summed E-state index contributed by atoms with van der Waals surface area (Å²) in [7, 11) is 0. The number of nitriles is 2. The third kappa shape index (κ3) is 14.6. The highest BCUT2D eigenvalue weighted by Crippen LogP contribution is 2.37. The lowest BCUT2D eigenvalue weighted by molar-refractivity contribution is -0.161. The van der Waals surface area contributed by atoms with Crippen LogP contribution in [-0.2, 0) is 34.3 Å². The Bertz CT molecular complexity index is 2310. The van der Waals surface area contributed by atoms with Gasteiger partial charge >= 0.3 is 24.1 Å². The van der Waals surface area contributed by atoms with Gasteiger partial charge in [0.25, 0.3) is 0 Å². The lowest BCUT2D eigenvalue weighted by Crippen LogP contribution is -2.48. The second-order valence-corrected chi connectivity index (χ2v) is 17.3. The number of pyridine rings is 1. The molecule has 0 saturated carbocycles. The van der Waals surface area contributed by atoms with Gasteiger partial charge in [0, 0.05) is 21.9 Å². The molecule has 0 aliphatic heterocycles. The molecule has 62 heavy (non-hydrogen) atoms. The topological polar surface area (TPSA) is 251 Å². The largest absolute Gasteiger partial charge is 0.490 e. The molecule has 0 saturated heterocycles. The Labute approximate surface area is 368 Å². The van der Waals surface area contributed by atoms with E-state index in [9.17, 15) is 29.7 Å². The quantitative estimate of drug-likeness (QED) is 0.0557. The van der Waals surface area contributed by atoms with E-state index in [0.29, 0.717) is 22.2 Å². The van der Waals surface area contributed by atoms with Gasteiger partial charge in [-0.15, -0.1) is 0 Å². The number of amides is 2. The molecule has 2 amide bonds. The fourth-order valence-electron chi connectivity index (χ4n) is 5.34. The fourth-order valence-corrected chi connectivity index (χ4v) is 6.34. The van der Waals surface area contributed by atoms with Crippen LogP contribution in [0.3, 0.4) is 0 Å². The number of alkyl carbamates (subject to hydrolysis) is 2. The summed E-state index contributed by atoms with van der Waals surface area (Å²) < 4.78 is 33.0. The van der Waals surface area contributed by atoms with E-state index < -0.39 is 66.5 Å². The molecule has 4 aromatic rings. The van der Waals surface area contributed by atoms with E-state index in [-0.39, 0.29) is 45.6 Å². The monoisotopic (exact) mass is 889 g/mol. The van der Waals surface area contributed by atoms with E-state index in [1.54, 1.807) is 104 Å². The number of carbonyl (C=O) groups is 4. The maximum Gasteiger partial charge on any atom is 0.408 e. The number of esters is 2. The number of carbonyl (C=O) groups excluding carboxylic acids is 4. The lowest BCUT2D eigenvalue weighted by atomic mass is 9.97. The van der Waals surface area contributed by atoms with E-state index in [1.165, 1.54) is 18.0 Å². The Balaban J connectivity index is 1.50. The van der Waals surface area contributed by atoms with E-state index in [1.807, 2.05) is 0 Å². The normalized spacial score (nSPS) is 12.3. The van der Waals surface area contributed by atoms with Crippen molar-refractivity contribution in [2.45, 2.75) is 89.5 Å². The molecule has 0 fully saturated rings. The summed E-state index contributed by atoms with van der Waals surface area (Å²) in [4.78, 5) is 59.5. The minimum atomic E-state index is -1.19. The van der Waals surface area contributed by atoms with Crippen molar-refractivity contribution >= 4 is 53.3 Å². The Morgan fingerprint density at radius 1 is 0.871 bits per heavy atom. The second-order valence-electron chi connectivity index (χ2n) is 15.9. The number of aromatic nitrogens is 2. The zero-order valence-electron chi connectivity index (χ0n) is 35.5. The van der Waals surface area contributed by atoms with Gasteiger partial charge in [-0.1, -0.05) is 49.3 Å². The zero-order valence-corrected chi connectivity index (χ0v) is 37.1. The van der Waals surface area contributed by atoms with Crippen LogP contribution in [0.15, 0.2) is 64.2 Å². The van der Waals surface area contributed by atoms with Crippen molar-refractivity contribution in [2.24, 2.45) is 5.92 Å². The molecule has 2 aromatic carbocycles. The number of nitrogens with zero attached hydrogens (tertiary/aromatic N) is 4. The van der Waals surface area contributed by atoms with Crippen molar-refractivity contribution in [3.63, 3.8) is 0 Å². The number of benzene rings is 2. The molecule has 0 spiro atoms. The number of hydrogen-bond acceptors (Lipinski definition) is 16. The van der Waals surface area contributed by atoms with Crippen molar-refractivity contribution in [1.29, 1.82) is 10.5 Å². The Morgan fingerprint density at radius 3 is 2.08 bits per heavy atom. The number of nitrogens with two attached hydrogens (primary N) is 1. The van der Waals surface area contributed by atoms with Crippen LogP contribution in [0, 0.1) is 28.6 Å². The smallest absolute Gasteiger partial charge is 0.408 e. The van der Waals surface area contributed by atoms with Crippen molar-refractivity contribution in [3.8, 4) is 40.5 Å². The molecule has 19 heteroatoms. The van der Waals surface area contributed by atoms with Gasteiger partial charge in [0.15, 0.2) is 6.10 Å². The Kier molecular flexibility index (Phi) is 16.6. The first-order valence-electron chi connectivity index (χ1n) is 19.2. The van der Waals surface area contributed by atoms with Crippen LogP contribution < -0.4 is 21.1 Å². The molecular formula is C43H48ClN7O10S. The SMILES string of the molecule is CC(C)[C@H](NC(=O)OC(C)(C)C)C(=O)OC[C@H](COc1ccc(-c2c(C#N)c(N)nc(SCc3coc(-c4ccc(Cl)cc4)n3)c2C#N)cc1)OC(=O)CNC(=O)OC(C)(C)C. The first kappa shape index (κ1) is 48.2. The maximum absolute atomic E-state index is 13.2. The Hall–Kier alpha value is -6.50. The highest BCUT2D eigenvalue weighted by Gasteiger charge is 2.30. The number of thioether (sulfide) groups is 1. The highest BCUT2D eigenvalue weighted by atomic mass is 35.5. The molecule has 2 aromatic heterocycles. The summed E-state index contributed by atoms with van der Waals surface area (Å²) in [6, 6.07) is 16.5. The molecule has 4 rings (SSSR count). The minimum absolute atomic E-state index is 0.000623. The van der Waals surface area contributed by atoms with E-state index in [2.05, 4.69) is 32.7 Å². The molecular weight excluding hydrogens is 842 g/mol. The van der Waals surface area contributed by atoms with Crippen molar-refractivity contribution in [3.05, 3.63) is 76.6 Å². The molecule has 328 valence electrons. The van der Waals surface area contributed by atoms with Gasteiger partial charge in [0.05, 0.1) is 11.3 Å². The number of nitrogen functional groups attached to an aromatic ring is 1. The summed E-state index contributed by atoms with van der Waals surface area (Å²) in [5, 5.41) is 26.1. The van der Waals surface area contributed by atoms with Crippen LogP contribution in [0.5, 0.6) is 5.75 Å². The number of oxazole rings is 1. The average Bonchev–Trinajstić information content (AvgIpc) is 3.67. The van der Waals surface area contributed by atoms with E-state index >= 15 is 0 Å². The molecule has 0 radical (unpaired) electrons. The standard InChI is InChI=1S/C43H48ClN7O10S/c1-24(2)35(50-41(55)61-43(6,7)8)39(53)58-22-30(59-33(52)19-48-40(54)60-42(3,4)5)21-56-29-15-11-25(12-16-29)34-31(17-45)36(47)51-38(32(34)18-46)62-23-28-20-57-37(49-28)26-9-13-27(44)14-10-26/h9-16,20,24,30,35H,19,21-23H2,1-8H3,(H2,47,51)(H,48,54)(H,50,55)/t30-,35-/m0/s1. The van der Waals surface area contributed by atoms with Crippen LogP contribution in [0.2, 0.25) is 5.02 Å². The first-order valence-corrected chi connectivity index (χ1v) is 20.5. The zero-order chi connectivity index (χ0) is 45.8. The van der Waals surface area contributed by atoms with Crippen LogP contribution in [-0.4, -0.2) is 77.2 Å². The van der Waals surface area contributed by atoms with Crippen molar-refractivity contribution in [2.75, 3.05) is 25.5 Å². The summed E-state index contributed by atoms with van der Waals surface area (Å²) in [5.74, 6) is -1.25. The molecule has 0 aliphatic carbocycles. The van der Waals surface area contributed by atoms with Crippen LogP contribution in [0.4, 0.5) is 15.4 Å². The minimum Gasteiger partial charge on any atom is -0.490 e.